The van der Waals surface area contributed by atoms with E-state index in [1.54, 1.807) is 0 Å². The zero-order valence-electron chi connectivity index (χ0n) is 18.9. The van der Waals surface area contributed by atoms with Crippen LogP contribution in [0.4, 0.5) is 17.1 Å². The summed E-state index contributed by atoms with van der Waals surface area (Å²) in [6.45, 7) is -0.870. The minimum absolute atomic E-state index is 0.00194. The Labute approximate surface area is 216 Å². The lowest BCUT2D eigenvalue weighted by atomic mass is 9.82. The fraction of sp³-hybridized carbons (Fsp3) is 0.0909. The molecule has 0 amide bonds. The first-order chi connectivity index (χ1) is 17.6. The van der Waals surface area contributed by atoms with Crippen LogP contribution in [0.3, 0.4) is 0 Å². The molecule has 0 radical (unpaired) electrons. The molecule has 0 atom stereocenters. The molecule has 0 fully saturated rings. The van der Waals surface area contributed by atoms with E-state index in [9.17, 15) is 39.4 Å². The SMILES string of the molecule is Nc1c(S(=O)(=O)[O-])cc(Nc2cccc(S(=O)(=O)CCOS(=O)(=O)O)c2)c2c1C(=O)c1ccccc1C2=O. The summed E-state index contributed by atoms with van der Waals surface area (Å²) in [6, 6.07) is 11.4. The lowest BCUT2D eigenvalue weighted by Gasteiger charge is -2.25. The third kappa shape index (κ3) is 5.31. The van der Waals surface area contributed by atoms with Crippen LogP contribution in [0.1, 0.15) is 31.8 Å². The van der Waals surface area contributed by atoms with Gasteiger partial charge in [-0.3, -0.25) is 14.1 Å². The number of nitrogen functional groups attached to an aromatic ring is 1. The molecule has 0 aliphatic heterocycles. The van der Waals surface area contributed by atoms with Gasteiger partial charge in [0.25, 0.3) is 0 Å². The molecule has 0 heterocycles. The molecular weight excluding hydrogens is 564 g/mol. The molecule has 3 aromatic rings. The first-order valence-corrected chi connectivity index (χ1v) is 14.9. The smallest absolute Gasteiger partial charge is 0.397 e. The number of hydrogen-bond donors (Lipinski definition) is 3. The number of nitrogens with two attached hydrogens (primary N) is 1. The van der Waals surface area contributed by atoms with Crippen LogP contribution in [-0.2, 0) is 34.5 Å². The number of fused-ring (bicyclic) bond motifs is 2. The van der Waals surface area contributed by atoms with E-state index in [2.05, 4.69) is 9.50 Å². The van der Waals surface area contributed by atoms with Crippen molar-refractivity contribution in [2.45, 2.75) is 9.79 Å². The van der Waals surface area contributed by atoms with Crippen molar-refractivity contribution in [3.05, 3.63) is 76.9 Å². The third-order valence-corrected chi connectivity index (χ3v) is 8.54. The van der Waals surface area contributed by atoms with E-state index in [-0.39, 0.29) is 33.0 Å². The summed E-state index contributed by atoms with van der Waals surface area (Å²) in [5, 5.41) is 2.68. The van der Waals surface area contributed by atoms with Crippen molar-refractivity contribution in [2.24, 2.45) is 0 Å². The first-order valence-electron chi connectivity index (χ1n) is 10.4. The molecule has 38 heavy (non-hydrogen) atoms. The summed E-state index contributed by atoms with van der Waals surface area (Å²) in [5.74, 6) is -2.29. The summed E-state index contributed by atoms with van der Waals surface area (Å²) >= 11 is 0. The van der Waals surface area contributed by atoms with Crippen LogP contribution >= 0.6 is 0 Å². The number of sulfone groups is 1. The van der Waals surface area contributed by atoms with Crippen LogP contribution in [0.5, 0.6) is 0 Å². The molecule has 0 saturated heterocycles. The monoisotopic (exact) mass is 581 g/mol. The molecule has 3 aromatic carbocycles. The number of ketones is 2. The van der Waals surface area contributed by atoms with Gasteiger partial charge in [0.2, 0.25) is 0 Å². The second kappa shape index (κ2) is 9.57. The van der Waals surface area contributed by atoms with Crippen LogP contribution in [0, 0.1) is 0 Å². The molecule has 200 valence electrons. The maximum absolute atomic E-state index is 13.3. The van der Waals surface area contributed by atoms with Crippen molar-refractivity contribution < 1.29 is 48.1 Å². The maximum Gasteiger partial charge on any atom is 0.397 e. The number of anilines is 3. The molecular formula is C22H17N2O11S3-. The molecule has 4 N–H and O–H groups in total. The fourth-order valence-electron chi connectivity index (χ4n) is 3.89. The van der Waals surface area contributed by atoms with E-state index < -0.39 is 70.4 Å². The molecule has 0 bridgehead atoms. The van der Waals surface area contributed by atoms with Crippen LogP contribution in [0.2, 0.25) is 0 Å². The molecule has 4 rings (SSSR count). The van der Waals surface area contributed by atoms with Crippen molar-refractivity contribution >= 4 is 59.0 Å². The highest BCUT2D eigenvalue weighted by atomic mass is 32.3. The van der Waals surface area contributed by atoms with Crippen LogP contribution in [0.25, 0.3) is 0 Å². The Morgan fingerprint density at radius 3 is 2.05 bits per heavy atom. The highest BCUT2D eigenvalue weighted by molar-refractivity contribution is 7.91. The number of nitrogens with one attached hydrogen (secondary N) is 1. The van der Waals surface area contributed by atoms with Gasteiger partial charge in [-0.1, -0.05) is 30.3 Å². The number of hydrogen-bond acceptors (Lipinski definition) is 12. The Morgan fingerprint density at radius 2 is 1.47 bits per heavy atom. The molecule has 0 saturated carbocycles. The molecule has 0 spiro atoms. The fourth-order valence-corrected chi connectivity index (χ4v) is 6.05. The molecule has 1 aliphatic rings. The predicted octanol–water partition coefficient (Wildman–Crippen LogP) is 1.29. The maximum atomic E-state index is 13.3. The standard InChI is InChI=1S/C22H18N2O11S3/c23-20-17(37(29,30)31)11-16(18-19(20)22(26)15-7-2-1-6-14(15)21(18)25)24-12-4-3-5-13(10-12)36(27,28)9-8-35-38(32,33)34/h1-7,10-11,24H,8-9,23H2,(H,29,30,31)(H,32,33,34)/p-1. The zero-order valence-corrected chi connectivity index (χ0v) is 21.4. The third-order valence-electron chi connectivity index (χ3n) is 5.53. The average Bonchev–Trinajstić information content (AvgIpc) is 2.82. The van der Waals surface area contributed by atoms with E-state index in [1.807, 2.05) is 0 Å². The summed E-state index contributed by atoms with van der Waals surface area (Å²) in [7, 11) is -14.2. The number of benzene rings is 3. The van der Waals surface area contributed by atoms with Crippen LogP contribution in [-0.4, -0.2) is 58.3 Å². The van der Waals surface area contributed by atoms with Crippen molar-refractivity contribution in [2.75, 3.05) is 23.4 Å². The van der Waals surface area contributed by atoms with Gasteiger partial charge in [-0.25, -0.2) is 21.0 Å². The van der Waals surface area contributed by atoms with E-state index in [0.717, 1.165) is 12.1 Å². The Hall–Kier alpha value is -3.67. The van der Waals surface area contributed by atoms with Gasteiger partial charge in [0.1, 0.15) is 10.1 Å². The average molecular weight is 582 g/mol. The van der Waals surface area contributed by atoms with Gasteiger partial charge in [0.15, 0.2) is 21.4 Å². The Balaban J connectivity index is 1.82. The van der Waals surface area contributed by atoms with Gasteiger partial charge in [0.05, 0.1) is 44.7 Å². The van der Waals surface area contributed by atoms with E-state index in [1.165, 1.54) is 42.5 Å². The highest BCUT2D eigenvalue weighted by Gasteiger charge is 2.35. The van der Waals surface area contributed by atoms with Crippen LogP contribution < -0.4 is 11.1 Å². The van der Waals surface area contributed by atoms with Crippen molar-refractivity contribution in [1.29, 1.82) is 0 Å². The van der Waals surface area contributed by atoms with E-state index in [4.69, 9.17) is 10.3 Å². The largest absolute Gasteiger partial charge is 0.744 e. The number of rotatable bonds is 8. The van der Waals surface area contributed by atoms with Gasteiger partial charge in [-0.2, -0.15) is 8.42 Å². The summed E-state index contributed by atoms with van der Waals surface area (Å²) in [4.78, 5) is 25.3. The molecule has 1 aliphatic carbocycles. The van der Waals surface area contributed by atoms with Gasteiger partial charge >= 0.3 is 10.4 Å². The first kappa shape index (κ1) is 27.4. The molecule has 16 heteroatoms. The summed E-state index contributed by atoms with van der Waals surface area (Å²) in [6.07, 6.45) is 0. The Morgan fingerprint density at radius 1 is 0.868 bits per heavy atom. The zero-order chi connectivity index (χ0) is 28.0. The normalized spacial score (nSPS) is 13.6. The predicted molar refractivity (Wildman–Crippen MR) is 131 cm³/mol. The van der Waals surface area contributed by atoms with Gasteiger partial charge in [-0.05, 0) is 24.3 Å². The molecule has 0 aromatic heterocycles. The second-order valence-corrected chi connectivity index (χ2v) is 12.5. The molecule has 13 nitrogen and oxygen atoms in total. The summed E-state index contributed by atoms with van der Waals surface area (Å²) in [5.41, 5.74) is 4.09. The Kier molecular flexibility index (Phi) is 6.89. The van der Waals surface area contributed by atoms with Gasteiger partial charge in [-0.15, -0.1) is 0 Å². The lowest BCUT2D eigenvalue weighted by molar-refractivity contribution is 0.0980. The van der Waals surface area contributed by atoms with Crippen molar-refractivity contribution in [3.8, 4) is 0 Å². The minimum atomic E-state index is -5.21. The Bertz CT molecular complexity index is 1830. The van der Waals surface area contributed by atoms with E-state index >= 15 is 0 Å². The quantitative estimate of drug-likeness (QED) is 0.197. The highest BCUT2D eigenvalue weighted by Crippen LogP contribution is 2.40. The minimum Gasteiger partial charge on any atom is -0.744 e. The van der Waals surface area contributed by atoms with Gasteiger partial charge < -0.3 is 15.6 Å². The van der Waals surface area contributed by atoms with E-state index in [0.29, 0.717) is 0 Å². The lowest BCUT2D eigenvalue weighted by Crippen LogP contribution is -2.25. The summed E-state index contributed by atoms with van der Waals surface area (Å²) < 4.78 is 95.0. The van der Waals surface area contributed by atoms with Crippen molar-refractivity contribution in [1.82, 2.24) is 0 Å². The molecule has 0 unspecified atom stereocenters. The van der Waals surface area contributed by atoms with Crippen molar-refractivity contribution in [3.63, 3.8) is 0 Å². The number of carbonyl (C=O) groups is 2. The van der Waals surface area contributed by atoms with Crippen LogP contribution in [0.15, 0.2) is 64.4 Å². The second-order valence-electron chi connectivity index (χ2n) is 7.97. The number of carbonyl (C=O) groups excluding carboxylic acids is 2. The topological polar surface area (TPSA) is 227 Å². The van der Waals surface area contributed by atoms with Gasteiger partial charge in [0, 0.05) is 16.8 Å².